The second-order valence-electron chi connectivity index (χ2n) is 8.91. The van der Waals surface area contributed by atoms with Crippen LogP contribution >= 0.6 is 11.6 Å². The molecule has 168 valence electrons. The summed E-state index contributed by atoms with van der Waals surface area (Å²) in [5.74, 6) is 0.956. The van der Waals surface area contributed by atoms with Crippen LogP contribution in [0, 0.1) is 17.7 Å². The minimum atomic E-state index is -0.363. The van der Waals surface area contributed by atoms with Crippen LogP contribution in [0.15, 0.2) is 24.5 Å². The molecule has 0 aromatic carbocycles. The predicted molar refractivity (Wildman–Crippen MR) is 123 cm³/mol. The van der Waals surface area contributed by atoms with Crippen molar-refractivity contribution in [2.75, 3.05) is 32.1 Å². The van der Waals surface area contributed by atoms with Gasteiger partial charge in [0.15, 0.2) is 0 Å². The molecule has 0 radical (unpaired) electrons. The number of aromatic nitrogens is 2. The van der Waals surface area contributed by atoms with Crippen LogP contribution in [0.25, 0.3) is 11.1 Å². The maximum absolute atomic E-state index is 14.7. The molecule has 0 unspecified atom stereocenters. The molecule has 0 atom stereocenters. The normalized spacial score (nSPS) is 21.3. The summed E-state index contributed by atoms with van der Waals surface area (Å²) in [5.41, 5.74) is 2.89. The Morgan fingerprint density at radius 2 is 1.81 bits per heavy atom. The summed E-state index contributed by atoms with van der Waals surface area (Å²) in [6, 6.07) is 4.32. The summed E-state index contributed by atoms with van der Waals surface area (Å²) >= 11 is 6.35. The Bertz CT molecular complexity index is 869. The molecule has 2 aromatic heterocycles. The van der Waals surface area contributed by atoms with E-state index in [2.05, 4.69) is 20.6 Å². The molecule has 4 rings (SSSR count). The first-order chi connectivity index (χ1) is 15.1. The van der Waals surface area contributed by atoms with E-state index in [1.807, 2.05) is 12.1 Å². The summed E-state index contributed by atoms with van der Waals surface area (Å²) in [7, 11) is 1.73. The van der Waals surface area contributed by atoms with E-state index in [1.165, 1.54) is 19.0 Å². The van der Waals surface area contributed by atoms with Crippen molar-refractivity contribution in [2.24, 2.45) is 11.8 Å². The van der Waals surface area contributed by atoms with E-state index in [9.17, 15) is 4.39 Å². The first kappa shape index (κ1) is 22.4. The SMILES string of the molecule is COCCNC1CCC(Cc2cc(-c3cc(NCC4CC4)cnc3Cl)c(F)cn2)CC1. The number of hydrogen-bond donors (Lipinski definition) is 2. The molecule has 31 heavy (non-hydrogen) atoms. The number of methoxy groups -OCH3 is 1. The van der Waals surface area contributed by atoms with Gasteiger partial charge in [-0.1, -0.05) is 11.6 Å². The van der Waals surface area contributed by atoms with E-state index in [4.69, 9.17) is 16.3 Å². The molecule has 0 bridgehead atoms. The molecule has 2 saturated carbocycles. The van der Waals surface area contributed by atoms with Crippen LogP contribution in [-0.4, -0.2) is 42.8 Å². The topological polar surface area (TPSA) is 59.1 Å². The van der Waals surface area contributed by atoms with Crippen LogP contribution in [0.1, 0.15) is 44.2 Å². The fraction of sp³-hybridized carbons (Fsp3) is 0.583. The largest absolute Gasteiger partial charge is 0.384 e. The minimum Gasteiger partial charge on any atom is -0.384 e. The Hall–Kier alpha value is -1.76. The summed E-state index contributed by atoms with van der Waals surface area (Å²) in [6.45, 7) is 2.57. The molecule has 0 saturated heterocycles. The number of halogens is 2. The van der Waals surface area contributed by atoms with Crippen LogP contribution < -0.4 is 10.6 Å². The van der Waals surface area contributed by atoms with E-state index >= 15 is 0 Å². The zero-order valence-corrected chi connectivity index (χ0v) is 18.9. The van der Waals surface area contributed by atoms with Crippen LogP contribution in [0.5, 0.6) is 0 Å². The molecule has 0 spiro atoms. The number of nitrogens with zero attached hydrogens (tertiary/aromatic N) is 2. The van der Waals surface area contributed by atoms with Crippen molar-refractivity contribution in [3.05, 3.63) is 41.2 Å². The van der Waals surface area contributed by atoms with Crippen LogP contribution in [0.2, 0.25) is 5.15 Å². The van der Waals surface area contributed by atoms with Crippen molar-refractivity contribution >= 4 is 17.3 Å². The second-order valence-corrected chi connectivity index (χ2v) is 9.27. The molecule has 0 amide bonds. The van der Waals surface area contributed by atoms with Crippen LogP contribution in [-0.2, 0) is 11.2 Å². The standard InChI is InChI=1S/C24H32ClFN4O/c1-31-9-8-27-18-6-4-16(5-7-18)10-19-11-21(23(26)15-29-19)22-12-20(14-30-24(22)25)28-13-17-2-3-17/h11-12,14-18,27-28H,2-10,13H2,1H3. The Morgan fingerprint density at radius 1 is 1.03 bits per heavy atom. The molecule has 2 aliphatic carbocycles. The summed E-state index contributed by atoms with van der Waals surface area (Å²) in [6.07, 6.45) is 11.1. The maximum Gasteiger partial charge on any atom is 0.149 e. The van der Waals surface area contributed by atoms with Gasteiger partial charge in [-0.3, -0.25) is 4.98 Å². The average Bonchev–Trinajstić information content (AvgIpc) is 3.61. The predicted octanol–water partition coefficient (Wildman–Crippen LogP) is 5.10. The van der Waals surface area contributed by atoms with Gasteiger partial charge < -0.3 is 15.4 Å². The van der Waals surface area contributed by atoms with Crippen molar-refractivity contribution < 1.29 is 9.13 Å². The van der Waals surface area contributed by atoms with Gasteiger partial charge in [0.25, 0.3) is 0 Å². The first-order valence-corrected chi connectivity index (χ1v) is 11.8. The molecule has 0 aliphatic heterocycles. The number of ether oxygens (including phenoxy) is 1. The number of rotatable bonds is 10. The molecule has 2 N–H and O–H groups in total. The Balaban J connectivity index is 1.40. The van der Waals surface area contributed by atoms with Crippen LogP contribution in [0.3, 0.4) is 0 Å². The van der Waals surface area contributed by atoms with E-state index in [0.29, 0.717) is 28.2 Å². The Morgan fingerprint density at radius 3 is 2.55 bits per heavy atom. The van der Waals surface area contributed by atoms with Gasteiger partial charge in [-0.15, -0.1) is 0 Å². The van der Waals surface area contributed by atoms with Crippen LogP contribution in [0.4, 0.5) is 10.1 Å². The van der Waals surface area contributed by atoms with E-state index in [0.717, 1.165) is 69.1 Å². The number of nitrogens with one attached hydrogen (secondary N) is 2. The molecular formula is C24H32ClFN4O. The minimum absolute atomic E-state index is 0.315. The van der Waals surface area contributed by atoms with Gasteiger partial charge in [0.2, 0.25) is 0 Å². The molecular weight excluding hydrogens is 415 g/mol. The highest BCUT2D eigenvalue weighted by Gasteiger charge is 2.23. The third-order valence-corrected chi connectivity index (χ3v) is 6.72. The zero-order chi connectivity index (χ0) is 21.6. The smallest absolute Gasteiger partial charge is 0.149 e. The van der Waals surface area contributed by atoms with E-state index in [1.54, 1.807) is 13.3 Å². The molecule has 2 heterocycles. The van der Waals surface area contributed by atoms with Gasteiger partial charge >= 0.3 is 0 Å². The lowest BCUT2D eigenvalue weighted by Crippen LogP contribution is -2.35. The van der Waals surface area contributed by atoms with E-state index in [-0.39, 0.29) is 5.82 Å². The van der Waals surface area contributed by atoms with Crippen molar-refractivity contribution in [2.45, 2.75) is 51.0 Å². The van der Waals surface area contributed by atoms with Gasteiger partial charge in [0.05, 0.1) is 24.7 Å². The van der Waals surface area contributed by atoms with Crippen molar-refractivity contribution in [3.8, 4) is 11.1 Å². The lowest BCUT2D eigenvalue weighted by atomic mass is 9.83. The van der Waals surface area contributed by atoms with Crippen molar-refractivity contribution in [1.29, 1.82) is 0 Å². The quantitative estimate of drug-likeness (QED) is 0.393. The average molecular weight is 447 g/mol. The molecule has 7 heteroatoms. The van der Waals surface area contributed by atoms with Gasteiger partial charge in [0, 0.05) is 43.1 Å². The van der Waals surface area contributed by atoms with E-state index < -0.39 is 0 Å². The van der Waals surface area contributed by atoms with Gasteiger partial charge in [-0.2, -0.15) is 0 Å². The lowest BCUT2D eigenvalue weighted by Gasteiger charge is -2.29. The molecule has 2 aromatic rings. The molecule has 2 aliphatic rings. The fourth-order valence-electron chi connectivity index (χ4n) is 4.35. The number of hydrogen-bond acceptors (Lipinski definition) is 5. The summed E-state index contributed by atoms with van der Waals surface area (Å²) in [4.78, 5) is 8.65. The monoisotopic (exact) mass is 446 g/mol. The van der Waals surface area contributed by atoms with Gasteiger partial charge in [-0.05, 0) is 68.9 Å². The first-order valence-electron chi connectivity index (χ1n) is 11.4. The number of pyridine rings is 2. The number of anilines is 1. The summed E-state index contributed by atoms with van der Waals surface area (Å²) < 4.78 is 19.8. The fourth-order valence-corrected chi connectivity index (χ4v) is 4.55. The van der Waals surface area contributed by atoms with Gasteiger partial charge in [0.1, 0.15) is 11.0 Å². The highest BCUT2D eigenvalue weighted by Crippen LogP contribution is 2.34. The highest BCUT2D eigenvalue weighted by atomic mass is 35.5. The van der Waals surface area contributed by atoms with Gasteiger partial charge in [-0.25, -0.2) is 9.37 Å². The highest BCUT2D eigenvalue weighted by molar-refractivity contribution is 6.32. The van der Waals surface area contributed by atoms with Crippen molar-refractivity contribution in [1.82, 2.24) is 15.3 Å². The zero-order valence-electron chi connectivity index (χ0n) is 18.2. The third kappa shape index (κ3) is 6.37. The Labute approximate surface area is 189 Å². The third-order valence-electron chi connectivity index (χ3n) is 6.42. The lowest BCUT2D eigenvalue weighted by molar-refractivity contribution is 0.188. The van der Waals surface area contributed by atoms with Crippen molar-refractivity contribution in [3.63, 3.8) is 0 Å². The molecule has 5 nitrogen and oxygen atoms in total. The summed E-state index contributed by atoms with van der Waals surface area (Å²) in [5, 5.41) is 7.27. The maximum atomic E-state index is 14.7. The Kier molecular flexibility index (Phi) is 7.75. The second kappa shape index (κ2) is 10.7. The molecule has 2 fully saturated rings.